The summed E-state index contributed by atoms with van der Waals surface area (Å²) in [6.07, 6.45) is 0.364. The maximum Gasteiger partial charge on any atom is 0.214 e. The predicted molar refractivity (Wildman–Crippen MR) is 90.2 cm³/mol. The van der Waals surface area contributed by atoms with Crippen LogP contribution in [0.15, 0.2) is 48.5 Å². The molecule has 0 radical (unpaired) electrons. The minimum Gasteiger partial charge on any atom is -0.386 e. The van der Waals surface area contributed by atoms with Crippen LogP contribution in [0.5, 0.6) is 0 Å². The van der Waals surface area contributed by atoms with E-state index in [1.807, 2.05) is 6.92 Å². The van der Waals surface area contributed by atoms with Crippen molar-refractivity contribution >= 4 is 23.7 Å². The number of carbonyl (C=O) groups is 1. The van der Waals surface area contributed by atoms with Gasteiger partial charge < -0.3 is 10.0 Å². The molecule has 0 aliphatic rings. The number of halogens is 1. The van der Waals surface area contributed by atoms with Crippen molar-refractivity contribution in [2.45, 2.75) is 25.5 Å². The number of nitrogens with zero attached hydrogens (tertiary/aromatic N) is 2. The van der Waals surface area contributed by atoms with Gasteiger partial charge in [-0.1, -0.05) is 30.7 Å². The van der Waals surface area contributed by atoms with Crippen LogP contribution in [0, 0.1) is 11.3 Å². The van der Waals surface area contributed by atoms with Gasteiger partial charge in [0.25, 0.3) is 0 Å². The largest absolute Gasteiger partial charge is 0.386 e. The topological polar surface area (TPSA) is 64.3 Å². The molecule has 23 heavy (non-hydrogen) atoms. The molecule has 2 unspecified atom stereocenters. The molecule has 4 nitrogen and oxygen atoms in total. The van der Waals surface area contributed by atoms with Crippen LogP contribution in [-0.4, -0.2) is 17.6 Å². The van der Waals surface area contributed by atoms with Gasteiger partial charge in [-0.2, -0.15) is 5.26 Å². The van der Waals surface area contributed by atoms with E-state index in [2.05, 4.69) is 6.07 Å². The number of amides is 1. The Balaban J connectivity index is 2.33. The van der Waals surface area contributed by atoms with Crippen molar-refractivity contribution in [2.24, 2.45) is 0 Å². The Hall–Kier alpha value is -2.35. The van der Waals surface area contributed by atoms with Gasteiger partial charge in [-0.05, 0) is 48.4 Å². The molecule has 2 aromatic carbocycles. The lowest BCUT2D eigenvalue weighted by molar-refractivity contribution is -0.108. The van der Waals surface area contributed by atoms with Gasteiger partial charge in [-0.25, -0.2) is 0 Å². The first-order valence-electron chi connectivity index (χ1n) is 7.28. The second kappa shape index (κ2) is 7.77. The Labute approximate surface area is 140 Å². The van der Waals surface area contributed by atoms with Gasteiger partial charge in [-0.15, -0.1) is 0 Å². The van der Waals surface area contributed by atoms with Crippen LogP contribution < -0.4 is 4.90 Å². The third-order valence-electron chi connectivity index (χ3n) is 3.74. The first kappa shape index (κ1) is 17.0. The van der Waals surface area contributed by atoms with Crippen LogP contribution in [-0.2, 0) is 4.79 Å². The minimum atomic E-state index is -0.894. The van der Waals surface area contributed by atoms with Gasteiger partial charge in [0.2, 0.25) is 6.41 Å². The van der Waals surface area contributed by atoms with E-state index in [4.69, 9.17) is 16.9 Å². The van der Waals surface area contributed by atoms with Crippen molar-refractivity contribution in [3.63, 3.8) is 0 Å². The summed E-state index contributed by atoms with van der Waals surface area (Å²) < 4.78 is 0. The third kappa shape index (κ3) is 3.89. The molecule has 0 aliphatic carbocycles. The maximum atomic E-state index is 11.6. The van der Waals surface area contributed by atoms with Crippen molar-refractivity contribution in [2.75, 3.05) is 4.90 Å². The standard InChI is InChI=1S/C18H17ClN2O2/c1-2-17(18(23)14-5-3-4-13(10-14)11-20)21(12-22)16-8-6-15(19)7-9-16/h3-10,12,17-18,23H,2H2,1H3. The molecule has 0 aliphatic heterocycles. The monoisotopic (exact) mass is 328 g/mol. The van der Waals surface area contributed by atoms with Crippen LogP contribution in [0.2, 0.25) is 5.02 Å². The fourth-order valence-corrected chi connectivity index (χ4v) is 2.66. The van der Waals surface area contributed by atoms with Crippen molar-refractivity contribution in [3.05, 3.63) is 64.7 Å². The van der Waals surface area contributed by atoms with Crippen LogP contribution in [0.4, 0.5) is 5.69 Å². The zero-order valence-corrected chi connectivity index (χ0v) is 13.4. The molecule has 118 valence electrons. The molecule has 0 aromatic heterocycles. The van der Waals surface area contributed by atoms with E-state index in [1.165, 1.54) is 4.90 Å². The summed E-state index contributed by atoms with van der Waals surface area (Å²) in [4.78, 5) is 13.1. The highest BCUT2D eigenvalue weighted by molar-refractivity contribution is 6.30. The van der Waals surface area contributed by atoms with Gasteiger partial charge in [0.1, 0.15) is 0 Å². The minimum absolute atomic E-state index is 0.442. The summed E-state index contributed by atoms with van der Waals surface area (Å²) in [6, 6.07) is 15.3. The summed E-state index contributed by atoms with van der Waals surface area (Å²) >= 11 is 5.88. The van der Waals surface area contributed by atoms with Crippen LogP contribution >= 0.6 is 11.6 Å². The lowest BCUT2D eigenvalue weighted by Crippen LogP contribution is -2.38. The molecule has 0 fully saturated rings. The molecule has 0 bridgehead atoms. The number of aliphatic hydroxyl groups is 1. The zero-order valence-electron chi connectivity index (χ0n) is 12.7. The summed E-state index contributed by atoms with van der Waals surface area (Å²) in [5.41, 5.74) is 1.74. The summed E-state index contributed by atoms with van der Waals surface area (Å²) in [5.74, 6) is 0. The molecule has 2 atom stereocenters. The number of rotatable bonds is 6. The first-order chi connectivity index (χ1) is 11.1. The van der Waals surface area contributed by atoms with Crippen LogP contribution in [0.1, 0.15) is 30.6 Å². The van der Waals surface area contributed by atoms with Crippen LogP contribution in [0.25, 0.3) is 0 Å². The molecule has 1 N–H and O–H groups in total. The number of hydrogen-bond donors (Lipinski definition) is 1. The molecule has 0 spiro atoms. The lowest BCUT2D eigenvalue weighted by Gasteiger charge is -2.31. The summed E-state index contributed by atoms with van der Waals surface area (Å²) in [7, 11) is 0. The van der Waals surface area contributed by atoms with Crippen LogP contribution in [0.3, 0.4) is 0 Å². The van der Waals surface area contributed by atoms with E-state index in [0.717, 1.165) is 0 Å². The number of benzene rings is 2. The van der Waals surface area contributed by atoms with E-state index >= 15 is 0 Å². The predicted octanol–water partition coefficient (Wildman–Crippen LogP) is 3.69. The fraction of sp³-hybridized carbons (Fsp3) is 0.222. The Morgan fingerprint density at radius 3 is 2.57 bits per heavy atom. The van der Waals surface area contributed by atoms with E-state index in [9.17, 15) is 9.90 Å². The Morgan fingerprint density at radius 2 is 2.00 bits per heavy atom. The Morgan fingerprint density at radius 1 is 1.30 bits per heavy atom. The maximum absolute atomic E-state index is 11.6. The number of anilines is 1. The van der Waals surface area contributed by atoms with E-state index in [1.54, 1.807) is 48.5 Å². The lowest BCUT2D eigenvalue weighted by atomic mass is 9.97. The second-order valence-corrected chi connectivity index (χ2v) is 5.58. The summed E-state index contributed by atoms with van der Waals surface area (Å²) in [5, 5.41) is 20.2. The average Bonchev–Trinajstić information content (AvgIpc) is 2.60. The molecule has 2 aromatic rings. The van der Waals surface area contributed by atoms with Crippen molar-refractivity contribution < 1.29 is 9.90 Å². The van der Waals surface area contributed by atoms with E-state index < -0.39 is 12.1 Å². The SMILES string of the molecule is CCC(C(O)c1cccc(C#N)c1)N(C=O)c1ccc(Cl)cc1. The summed E-state index contributed by atoms with van der Waals surface area (Å²) in [6.45, 7) is 1.90. The molecule has 1 amide bonds. The first-order valence-corrected chi connectivity index (χ1v) is 7.65. The quantitative estimate of drug-likeness (QED) is 0.822. The highest BCUT2D eigenvalue weighted by Gasteiger charge is 2.26. The Kier molecular flexibility index (Phi) is 5.75. The van der Waals surface area contributed by atoms with Crippen molar-refractivity contribution in [3.8, 4) is 6.07 Å². The highest BCUT2D eigenvalue weighted by atomic mass is 35.5. The van der Waals surface area contributed by atoms with Gasteiger partial charge in [-0.3, -0.25) is 4.79 Å². The second-order valence-electron chi connectivity index (χ2n) is 5.15. The highest BCUT2D eigenvalue weighted by Crippen LogP contribution is 2.28. The molecule has 0 heterocycles. The Bertz CT molecular complexity index is 710. The zero-order chi connectivity index (χ0) is 16.8. The molecular formula is C18H17ClN2O2. The van der Waals surface area contributed by atoms with Gasteiger partial charge in [0.05, 0.1) is 23.8 Å². The van der Waals surface area contributed by atoms with Crippen molar-refractivity contribution in [1.29, 1.82) is 5.26 Å². The molecule has 5 heteroatoms. The van der Waals surface area contributed by atoms with E-state index in [-0.39, 0.29) is 0 Å². The van der Waals surface area contributed by atoms with E-state index in [0.29, 0.717) is 34.7 Å². The molecule has 0 saturated carbocycles. The molecular weight excluding hydrogens is 312 g/mol. The third-order valence-corrected chi connectivity index (χ3v) is 3.99. The average molecular weight is 329 g/mol. The molecule has 0 saturated heterocycles. The number of aliphatic hydroxyl groups excluding tert-OH is 1. The number of carbonyl (C=O) groups excluding carboxylic acids is 1. The van der Waals surface area contributed by atoms with Gasteiger partial charge in [0.15, 0.2) is 0 Å². The van der Waals surface area contributed by atoms with Gasteiger partial charge in [0, 0.05) is 10.7 Å². The normalized spacial score (nSPS) is 13.0. The van der Waals surface area contributed by atoms with Gasteiger partial charge >= 0.3 is 0 Å². The fourth-order valence-electron chi connectivity index (χ4n) is 2.53. The smallest absolute Gasteiger partial charge is 0.214 e. The number of nitriles is 1. The molecule has 2 rings (SSSR count). The number of hydrogen-bond acceptors (Lipinski definition) is 3. The van der Waals surface area contributed by atoms with Crippen molar-refractivity contribution in [1.82, 2.24) is 0 Å².